The van der Waals surface area contributed by atoms with Gasteiger partial charge in [0.25, 0.3) is 5.91 Å². The Morgan fingerprint density at radius 3 is 2.48 bits per heavy atom. The molecule has 0 unspecified atom stereocenters. The summed E-state index contributed by atoms with van der Waals surface area (Å²) in [6.07, 6.45) is 1.67. The SMILES string of the molecule is CCc1ccc(O[C@H](CC)C(=O)N[C@H]2CC(C)(C)Oc3ccc(OC)cc32)cc1. The van der Waals surface area contributed by atoms with Crippen LogP contribution < -0.4 is 19.5 Å². The van der Waals surface area contributed by atoms with Crippen molar-refractivity contribution in [2.75, 3.05) is 7.11 Å². The first-order valence-corrected chi connectivity index (χ1v) is 10.3. The number of amides is 1. The van der Waals surface area contributed by atoms with Crippen LogP contribution in [0.15, 0.2) is 42.5 Å². The monoisotopic (exact) mass is 397 g/mol. The van der Waals surface area contributed by atoms with Gasteiger partial charge >= 0.3 is 0 Å². The molecular formula is C24H31NO4. The van der Waals surface area contributed by atoms with E-state index in [9.17, 15) is 4.79 Å². The van der Waals surface area contributed by atoms with E-state index in [1.165, 1.54) is 5.56 Å². The highest BCUT2D eigenvalue weighted by atomic mass is 16.5. The maximum absolute atomic E-state index is 13.0. The van der Waals surface area contributed by atoms with Crippen molar-refractivity contribution in [3.8, 4) is 17.2 Å². The minimum atomic E-state index is -0.553. The molecular weight excluding hydrogens is 366 g/mol. The average molecular weight is 398 g/mol. The molecule has 0 bridgehead atoms. The van der Waals surface area contributed by atoms with Gasteiger partial charge in [-0.05, 0) is 62.6 Å². The topological polar surface area (TPSA) is 56.8 Å². The van der Waals surface area contributed by atoms with E-state index in [1.807, 2.05) is 63.2 Å². The number of aryl methyl sites for hydroxylation is 1. The summed E-state index contributed by atoms with van der Waals surface area (Å²) in [6.45, 7) is 8.13. The molecule has 0 radical (unpaired) electrons. The highest BCUT2D eigenvalue weighted by molar-refractivity contribution is 5.81. The molecule has 0 aromatic heterocycles. The van der Waals surface area contributed by atoms with Gasteiger partial charge in [-0.3, -0.25) is 4.79 Å². The molecule has 29 heavy (non-hydrogen) atoms. The van der Waals surface area contributed by atoms with Crippen molar-refractivity contribution < 1.29 is 19.0 Å². The molecule has 1 N–H and O–H groups in total. The fraction of sp³-hybridized carbons (Fsp3) is 0.458. The highest BCUT2D eigenvalue weighted by Gasteiger charge is 2.36. The predicted octanol–water partition coefficient (Wildman–Crippen LogP) is 4.83. The summed E-state index contributed by atoms with van der Waals surface area (Å²) in [4.78, 5) is 13.0. The minimum Gasteiger partial charge on any atom is -0.497 e. The van der Waals surface area contributed by atoms with Crippen LogP contribution in [0.5, 0.6) is 17.2 Å². The first kappa shape index (κ1) is 21.0. The normalized spacial score (nSPS) is 18.2. The van der Waals surface area contributed by atoms with E-state index >= 15 is 0 Å². The van der Waals surface area contributed by atoms with E-state index in [0.717, 1.165) is 23.5 Å². The number of carbonyl (C=O) groups is 1. The lowest BCUT2D eigenvalue weighted by Gasteiger charge is -2.38. The fourth-order valence-corrected chi connectivity index (χ4v) is 3.64. The third-order valence-electron chi connectivity index (χ3n) is 5.26. The Hall–Kier alpha value is -2.69. The summed E-state index contributed by atoms with van der Waals surface area (Å²) in [5.41, 5.74) is 1.79. The zero-order chi connectivity index (χ0) is 21.0. The van der Waals surface area contributed by atoms with E-state index in [4.69, 9.17) is 14.2 Å². The summed E-state index contributed by atoms with van der Waals surface area (Å²) in [6, 6.07) is 13.4. The molecule has 1 aliphatic rings. The molecule has 3 rings (SSSR count). The Morgan fingerprint density at radius 1 is 1.17 bits per heavy atom. The maximum atomic E-state index is 13.0. The van der Waals surface area contributed by atoms with Gasteiger partial charge in [0, 0.05) is 12.0 Å². The Balaban J connectivity index is 1.77. The number of fused-ring (bicyclic) bond motifs is 1. The standard InChI is InChI=1S/C24H31NO4/c1-6-16-8-10-17(11-9-16)28-21(7-2)23(26)25-20-15-24(3,4)29-22-13-12-18(27-5)14-19(20)22/h8-14,20-21H,6-7,15H2,1-5H3,(H,25,26)/t20-,21+/m0/s1. The van der Waals surface area contributed by atoms with Gasteiger partial charge in [0.15, 0.2) is 6.10 Å². The lowest BCUT2D eigenvalue weighted by molar-refractivity contribution is -0.129. The first-order valence-electron chi connectivity index (χ1n) is 10.3. The van der Waals surface area contributed by atoms with Crippen LogP contribution in [0, 0.1) is 0 Å². The van der Waals surface area contributed by atoms with Gasteiger partial charge in [-0.2, -0.15) is 0 Å². The van der Waals surface area contributed by atoms with Gasteiger partial charge in [-0.15, -0.1) is 0 Å². The molecule has 0 saturated heterocycles. The maximum Gasteiger partial charge on any atom is 0.261 e. The summed E-state index contributed by atoms with van der Waals surface area (Å²) < 4.78 is 17.4. The Kier molecular flexibility index (Phi) is 6.36. The summed E-state index contributed by atoms with van der Waals surface area (Å²) in [7, 11) is 1.63. The van der Waals surface area contributed by atoms with Crippen molar-refractivity contribution in [3.63, 3.8) is 0 Å². The van der Waals surface area contributed by atoms with Crippen LogP contribution in [0.4, 0.5) is 0 Å². The number of hydrogen-bond donors (Lipinski definition) is 1. The quantitative estimate of drug-likeness (QED) is 0.727. The second-order valence-corrected chi connectivity index (χ2v) is 8.04. The largest absolute Gasteiger partial charge is 0.497 e. The lowest BCUT2D eigenvalue weighted by Crippen LogP contribution is -2.45. The van der Waals surface area contributed by atoms with Crippen molar-refractivity contribution in [2.24, 2.45) is 0 Å². The average Bonchev–Trinajstić information content (AvgIpc) is 2.71. The second kappa shape index (κ2) is 8.76. The number of ether oxygens (including phenoxy) is 3. The van der Waals surface area contributed by atoms with E-state index in [1.54, 1.807) is 7.11 Å². The molecule has 2 atom stereocenters. The van der Waals surface area contributed by atoms with Crippen molar-refractivity contribution >= 4 is 5.91 Å². The van der Waals surface area contributed by atoms with Gasteiger partial charge in [-0.1, -0.05) is 26.0 Å². The first-order chi connectivity index (χ1) is 13.8. The predicted molar refractivity (Wildman–Crippen MR) is 114 cm³/mol. The third-order valence-corrected chi connectivity index (χ3v) is 5.26. The zero-order valence-corrected chi connectivity index (χ0v) is 18.0. The molecule has 0 spiro atoms. The molecule has 0 saturated carbocycles. The van der Waals surface area contributed by atoms with Crippen LogP contribution in [-0.2, 0) is 11.2 Å². The molecule has 2 aromatic rings. The van der Waals surface area contributed by atoms with Gasteiger partial charge in [0.05, 0.1) is 13.2 Å². The smallest absolute Gasteiger partial charge is 0.261 e. The number of benzene rings is 2. The van der Waals surface area contributed by atoms with Crippen molar-refractivity contribution in [2.45, 2.75) is 64.7 Å². The van der Waals surface area contributed by atoms with Crippen LogP contribution in [0.1, 0.15) is 57.7 Å². The molecule has 2 aromatic carbocycles. The zero-order valence-electron chi connectivity index (χ0n) is 18.0. The summed E-state index contributed by atoms with van der Waals surface area (Å²) in [5, 5.41) is 3.18. The number of hydrogen-bond acceptors (Lipinski definition) is 4. The highest BCUT2D eigenvalue weighted by Crippen LogP contribution is 2.41. The second-order valence-electron chi connectivity index (χ2n) is 8.04. The minimum absolute atomic E-state index is 0.122. The molecule has 156 valence electrons. The molecule has 5 nitrogen and oxygen atoms in total. The van der Waals surface area contributed by atoms with Crippen molar-refractivity contribution in [1.82, 2.24) is 5.32 Å². The van der Waals surface area contributed by atoms with Crippen LogP contribution in [0.2, 0.25) is 0 Å². The van der Waals surface area contributed by atoms with E-state index in [-0.39, 0.29) is 17.6 Å². The molecule has 1 aliphatic heterocycles. The number of methoxy groups -OCH3 is 1. The Morgan fingerprint density at radius 2 is 1.86 bits per heavy atom. The third kappa shape index (κ3) is 5.03. The summed E-state index contributed by atoms with van der Waals surface area (Å²) >= 11 is 0. The van der Waals surface area contributed by atoms with Gasteiger partial charge < -0.3 is 19.5 Å². The molecule has 5 heteroatoms. The van der Waals surface area contributed by atoms with Gasteiger partial charge in [-0.25, -0.2) is 0 Å². The van der Waals surface area contributed by atoms with E-state index in [0.29, 0.717) is 18.6 Å². The van der Waals surface area contributed by atoms with Crippen LogP contribution in [-0.4, -0.2) is 24.7 Å². The molecule has 0 fully saturated rings. The number of carbonyl (C=O) groups excluding carboxylic acids is 1. The summed E-state index contributed by atoms with van der Waals surface area (Å²) in [5.74, 6) is 2.10. The van der Waals surface area contributed by atoms with E-state index in [2.05, 4.69) is 12.2 Å². The van der Waals surface area contributed by atoms with Crippen LogP contribution in [0.25, 0.3) is 0 Å². The van der Waals surface area contributed by atoms with Crippen LogP contribution in [0.3, 0.4) is 0 Å². The Labute approximate surface area is 173 Å². The van der Waals surface area contributed by atoms with Crippen LogP contribution >= 0.6 is 0 Å². The van der Waals surface area contributed by atoms with Gasteiger partial charge in [0.1, 0.15) is 22.8 Å². The number of rotatable bonds is 7. The molecule has 1 heterocycles. The van der Waals surface area contributed by atoms with Crippen molar-refractivity contribution in [3.05, 3.63) is 53.6 Å². The van der Waals surface area contributed by atoms with E-state index < -0.39 is 6.10 Å². The molecule has 0 aliphatic carbocycles. The Bertz CT molecular complexity index is 844. The number of nitrogens with one attached hydrogen (secondary N) is 1. The fourth-order valence-electron chi connectivity index (χ4n) is 3.64. The van der Waals surface area contributed by atoms with Gasteiger partial charge in [0.2, 0.25) is 0 Å². The molecule has 1 amide bonds. The lowest BCUT2D eigenvalue weighted by atomic mass is 9.89. The van der Waals surface area contributed by atoms with Crippen molar-refractivity contribution in [1.29, 1.82) is 0 Å².